The maximum absolute atomic E-state index is 11.9. The van der Waals surface area contributed by atoms with Crippen molar-refractivity contribution >= 4 is 11.4 Å². The highest BCUT2D eigenvalue weighted by atomic mass is 16.7. The molecule has 0 saturated carbocycles. The molecule has 0 fully saturated rings. The van der Waals surface area contributed by atoms with Crippen LogP contribution in [0.25, 0.3) is 0 Å². The number of benzene rings is 2. The highest BCUT2D eigenvalue weighted by Gasteiger charge is 2.54. The molecule has 0 amide bonds. The summed E-state index contributed by atoms with van der Waals surface area (Å²) in [5, 5.41) is 23.5. The third-order valence-corrected chi connectivity index (χ3v) is 6.51. The first kappa shape index (κ1) is 24.6. The Labute approximate surface area is 203 Å². The Kier molecular flexibility index (Phi) is 6.79. The highest BCUT2D eigenvalue weighted by molar-refractivity contribution is 5.59. The van der Waals surface area contributed by atoms with Crippen LogP contribution < -0.4 is 9.64 Å². The predicted octanol–water partition coefficient (Wildman–Crippen LogP) is 3.81. The number of nitrogens with zero attached hydrogens (tertiary/aromatic N) is 3. The lowest BCUT2D eigenvalue weighted by Crippen LogP contribution is -2.62. The summed E-state index contributed by atoms with van der Waals surface area (Å²) in [5.41, 5.74) is 2.00. The first-order chi connectivity index (χ1) is 16.7. The summed E-state index contributed by atoms with van der Waals surface area (Å²) in [6, 6.07) is 9.67. The third-order valence-electron chi connectivity index (χ3n) is 6.51. The number of aliphatic hydroxyl groups excluding tert-OH is 1. The molecule has 2 N–H and O–H groups in total. The number of methoxy groups -OCH3 is 2. The molecule has 186 valence electrons. The van der Waals surface area contributed by atoms with Crippen molar-refractivity contribution in [3.8, 4) is 5.75 Å². The summed E-state index contributed by atoms with van der Waals surface area (Å²) in [7, 11) is 2.95. The number of H-pyrrole nitrogens is 1. The first-order valence-corrected chi connectivity index (χ1v) is 11.2. The lowest BCUT2D eigenvalue weighted by atomic mass is 9.83. The minimum Gasteiger partial charge on any atom is -0.479 e. The zero-order valence-electron chi connectivity index (χ0n) is 20.4. The van der Waals surface area contributed by atoms with Crippen LogP contribution in [0.4, 0.5) is 11.4 Å². The average Bonchev–Trinajstić information content (AvgIpc) is 3.33. The Balaban J connectivity index is 1.95. The van der Waals surface area contributed by atoms with Crippen LogP contribution >= 0.6 is 0 Å². The number of nitrogens with one attached hydrogen (secondary N) is 1. The summed E-state index contributed by atoms with van der Waals surface area (Å²) in [5.74, 6) is 1.08. The minimum atomic E-state index is -1.32. The van der Waals surface area contributed by atoms with E-state index in [1.165, 1.54) is 26.4 Å². The van der Waals surface area contributed by atoms with Gasteiger partial charge in [-0.1, -0.05) is 17.7 Å². The molecule has 0 spiro atoms. The maximum atomic E-state index is 11.9. The van der Waals surface area contributed by atoms with Gasteiger partial charge in [-0.3, -0.25) is 10.1 Å². The lowest BCUT2D eigenvalue weighted by Gasteiger charge is -2.50. The van der Waals surface area contributed by atoms with Crippen LogP contribution in [0.2, 0.25) is 0 Å². The molecule has 10 heteroatoms. The summed E-state index contributed by atoms with van der Waals surface area (Å²) in [6.07, 6.45) is 1.28. The van der Waals surface area contributed by atoms with E-state index in [2.05, 4.69) is 16.0 Å². The van der Waals surface area contributed by atoms with Crippen LogP contribution in [0.3, 0.4) is 0 Å². The molecule has 0 aliphatic carbocycles. The van der Waals surface area contributed by atoms with Gasteiger partial charge in [0.2, 0.25) is 0 Å². The number of aliphatic hydroxyl groups is 1. The molecule has 1 aromatic heterocycles. The fourth-order valence-electron chi connectivity index (χ4n) is 4.85. The molecular weight excluding hydrogens is 452 g/mol. The second-order valence-corrected chi connectivity index (χ2v) is 8.91. The summed E-state index contributed by atoms with van der Waals surface area (Å²) < 4.78 is 17.3. The van der Waals surface area contributed by atoms with Crippen molar-refractivity contribution in [3.63, 3.8) is 0 Å². The number of imidazole rings is 1. The summed E-state index contributed by atoms with van der Waals surface area (Å²) >= 11 is 0. The van der Waals surface area contributed by atoms with Gasteiger partial charge in [0.15, 0.2) is 11.9 Å². The Bertz CT molecular complexity index is 1200. The number of non-ortho nitro benzene ring substituents is 1. The Hall–Kier alpha value is -3.47. The number of rotatable bonds is 8. The molecule has 35 heavy (non-hydrogen) atoms. The molecule has 1 aliphatic heterocycles. The van der Waals surface area contributed by atoms with E-state index in [9.17, 15) is 15.2 Å². The normalized spacial score (nSPS) is 21.5. The van der Waals surface area contributed by atoms with E-state index in [-0.39, 0.29) is 5.69 Å². The van der Waals surface area contributed by atoms with Gasteiger partial charge in [-0.2, -0.15) is 0 Å². The predicted molar refractivity (Wildman–Crippen MR) is 129 cm³/mol. The molecule has 2 aromatic carbocycles. The molecule has 0 radical (unpaired) electrons. The van der Waals surface area contributed by atoms with Crippen molar-refractivity contribution in [1.29, 1.82) is 0 Å². The number of anilines is 1. The molecule has 0 saturated heterocycles. The average molecular weight is 483 g/mol. The van der Waals surface area contributed by atoms with E-state index in [1.54, 1.807) is 25.4 Å². The fraction of sp³-hybridized carbons (Fsp3) is 0.400. The van der Waals surface area contributed by atoms with Crippen LogP contribution in [0, 0.1) is 24.0 Å². The fourth-order valence-corrected chi connectivity index (χ4v) is 4.85. The Morgan fingerprint density at radius 3 is 2.60 bits per heavy atom. The number of fused-ring (bicyclic) bond motifs is 1. The van der Waals surface area contributed by atoms with E-state index >= 15 is 0 Å². The number of aromatic amines is 1. The molecular formula is C25H30N4O6. The molecule has 0 bridgehead atoms. The molecule has 4 rings (SSSR count). The van der Waals surface area contributed by atoms with Gasteiger partial charge in [0.25, 0.3) is 5.69 Å². The summed E-state index contributed by atoms with van der Waals surface area (Å²) in [6.45, 7) is 6.01. The van der Waals surface area contributed by atoms with Crippen molar-refractivity contribution < 1.29 is 24.2 Å². The van der Waals surface area contributed by atoms with Crippen molar-refractivity contribution in [2.24, 2.45) is 0 Å². The smallest absolute Gasteiger partial charge is 0.270 e. The van der Waals surface area contributed by atoms with Gasteiger partial charge in [0.1, 0.15) is 17.7 Å². The Morgan fingerprint density at radius 2 is 2.00 bits per heavy atom. The largest absolute Gasteiger partial charge is 0.479 e. The van der Waals surface area contributed by atoms with E-state index in [0.29, 0.717) is 23.7 Å². The minimum absolute atomic E-state index is 0.0956. The highest BCUT2D eigenvalue weighted by Crippen LogP contribution is 2.48. The quantitative estimate of drug-likeness (QED) is 0.282. The van der Waals surface area contributed by atoms with E-state index in [0.717, 1.165) is 16.8 Å². The van der Waals surface area contributed by atoms with Crippen molar-refractivity contribution in [2.75, 3.05) is 19.1 Å². The first-order valence-electron chi connectivity index (χ1n) is 11.2. The second kappa shape index (κ2) is 9.65. The summed E-state index contributed by atoms with van der Waals surface area (Å²) in [4.78, 5) is 20.7. The van der Waals surface area contributed by atoms with E-state index in [1.807, 2.05) is 30.9 Å². The lowest BCUT2D eigenvalue weighted by molar-refractivity contribution is -0.385. The van der Waals surface area contributed by atoms with Crippen molar-refractivity contribution in [1.82, 2.24) is 9.97 Å². The maximum Gasteiger partial charge on any atom is 0.270 e. The van der Waals surface area contributed by atoms with Crippen molar-refractivity contribution in [2.45, 2.75) is 51.4 Å². The van der Waals surface area contributed by atoms with Gasteiger partial charge in [-0.15, -0.1) is 0 Å². The van der Waals surface area contributed by atoms with Gasteiger partial charge in [0.05, 0.1) is 17.5 Å². The molecule has 3 atom stereocenters. The molecule has 0 unspecified atom stereocenters. The van der Waals surface area contributed by atoms with Gasteiger partial charge in [0, 0.05) is 50.0 Å². The number of aryl methyl sites for hydroxylation is 2. The molecule has 1 aliphatic rings. The monoisotopic (exact) mass is 482 g/mol. The van der Waals surface area contributed by atoms with E-state index in [4.69, 9.17) is 14.2 Å². The standard InChI is InChI=1S/C25H30N4O6/c1-15-6-8-19(16(2)12-15)28(14-21-26-10-11-27-21)22-18-13-17(29(31)32)7-9-20(18)35-25(3,23(22)30)24(33-4)34-5/h6-13,22-24,30H,14H2,1-5H3,(H,26,27)/t22-,23+,25+/m1/s1. The number of hydrogen-bond acceptors (Lipinski definition) is 8. The van der Waals surface area contributed by atoms with Crippen LogP contribution in [0.1, 0.15) is 35.5 Å². The number of ether oxygens (including phenoxy) is 3. The second-order valence-electron chi connectivity index (χ2n) is 8.91. The topological polar surface area (TPSA) is 123 Å². The van der Waals surface area contributed by atoms with Gasteiger partial charge in [-0.25, -0.2) is 4.98 Å². The van der Waals surface area contributed by atoms with Crippen LogP contribution in [-0.2, 0) is 16.0 Å². The number of hydrogen-bond donors (Lipinski definition) is 2. The Morgan fingerprint density at radius 1 is 1.26 bits per heavy atom. The van der Waals surface area contributed by atoms with Gasteiger partial charge >= 0.3 is 0 Å². The van der Waals surface area contributed by atoms with Crippen LogP contribution in [0.15, 0.2) is 48.8 Å². The zero-order chi connectivity index (χ0) is 25.3. The van der Waals surface area contributed by atoms with Gasteiger partial charge in [-0.05, 0) is 38.5 Å². The van der Waals surface area contributed by atoms with E-state index < -0.39 is 29.0 Å². The molecule has 10 nitrogen and oxygen atoms in total. The number of nitro groups is 1. The number of nitro benzene ring substituents is 1. The molecule has 3 aromatic rings. The number of aromatic nitrogens is 2. The van der Waals surface area contributed by atoms with Crippen LogP contribution in [-0.4, -0.2) is 52.2 Å². The van der Waals surface area contributed by atoms with Gasteiger partial charge < -0.3 is 29.2 Å². The zero-order valence-corrected chi connectivity index (χ0v) is 20.4. The van der Waals surface area contributed by atoms with Crippen LogP contribution in [0.5, 0.6) is 5.75 Å². The third kappa shape index (κ3) is 4.47. The molecule has 2 heterocycles. The SMILES string of the molecule is COC(OC)[C@@]1(C)Oc2ccc([N+](=O)[O-])cc2[C@@H](N(Cc2ncc[nH]2)c2ccc(C)cc2C)[C@@H]1O. The van der Waals surface area contributed by atoms with Crippen molar-refractivity contribution in [3.05, 3.63) is 81.4 Å².